The Morgan fingerprint density at radius 1 is 1.08 bits per heavy atom. The standard InChI is InChI=1S/C12H11Cl/c1-2-9-7-8-10-5-3-4-6-11(10)12(9)13/h3-8H,2H2,1H3. The van der Waals surface area contributed by atoms with Crippen LogP contribution in [0.3, 0.4) is 0 Å². The van der Waals surface area contributed by atoms with Crippen LogP contribution in [-0.2, 0) is 6.42 Å². The number of rotatable bonds is 1. The van der Waals surface area contributed by atoms with Gasteiger partial charge in [0.25, 0.3) is 0 Å². The van der Waals surface area contributed by atoms with Gasteiger partial charge in [0.2, 0.25) is 0 Å². The summed E-state index contributed by atoms with van der Waals surface area (Å²) >= 11 is 6.24. The Balaban J connectivity index is 2.79. The smallest absolute Gasteiger partial charge is 0.0516 e. The molecule has 0 saturated carbocycles. The van der Waals surface area contributed by atoms with Crippen molar-refractivity contribution in [3.8, 4) is 0 Å². The molecule has 2 aromatic rings. The van der Waals surface area contributed by atoms with Crippen molar-refractivity contribution in [1.82, 2.24) is 0 Å². The number of hydrogen-bond donors (Lipinski definition) is 0. The van der Waals surface area contributed by atoms with E-state index in [1.165, 1.54) is 10.9 Å². The van der Waals surface area contributed by atoms with Crippen LogP contribution in [0.1, 0.15) is 12.5 Å². The second-order valence-corrected chi connectivity index (χ2v) is 3.49. The van der Waals surface area contributed by atoms with Gasteiger partial charge in [0, 0.05) is 5.39 Å². The predicted octanol–water partition coefficient (Wildman–Crippen LogP) is 4.06. The first kappa shape index (κ1) is 8.58. The van der Waals surface area contributed by atoms with Gasteiger partial charge in [-0.2, -0.15) is 0 Å². The normalized spacial score (nSPS) is 10.6. The van der Waals surface area contributed by atoms with Gasteiger partial charge in [-0.15, -0.1) is 0 Å². The molecule has 13 heavy (non-hydrogen) atoms. The van der Waals surface area contributed by atoms with E-state index in [2.05, 4.69) is 31.2 Å². The maximum absolute atomic E-state index is 6.24. The van der Waals surface area contributed by atoms with E-state index in [0.29, 0.717) is 0 Å². The molecule has 1 heteroatoms. The summed E-state index contributed by atoms with van der Waals surface area (Å²) < 4.78 is 0. The van der Waals surface area contributed by atoms with Gasteiger partial charge >= 0.3 is 0 Å². The number of halogens is 1. The second-order valence-electron chi connectivity index (χ2n) is 3.11. The average Bonchev–Trinajstić information content (AvgIpc) is 2.19. The summed E-state index contributed by atoms with van der Waals surface area (Å²) in [5.41, 5.74) is 1.22. The molecule has 0 spiro atoms. The molecule has 0 fully saturated rings. The minimum Gasteiger partial charge on any atom is -0.0834 e. The molecule has 0 aliphatic carbocycles. The summed E-state index contributed by atoms with van der Waals surface area (Å²) in [4.78, 5) is 0. The van der Waals surface area contributed by atoms with E-state index in [9.17, 15) is 0 Å². The first-order chi connectivity index (χ1) is 6.33. The van der Waals surface area contributed by atoms with Gasteiger partial charge in [-0.05, 0) is 17.4 Å². The van der Waals surface area contributed by atoms with E-state index in [4.69, 9.17) is 11.6 Å². The summed E-state index contributed by atoms with van der Waals surface area (Å²) in [6.07, 6.45) is 0.990. The zero-order chi connectivity index (χ0) is 9.26. The third kappa shape index (κ3) is 1.42. The van der Waals surface area contributed by atoms with Crippen molar-refractivity contribution in [2.45, 2.75) is 13.3 Å². The van der Waals surface area contributed by atoms with Crippen molar-refractivity contribution in [3.63, 3.8) is 0 Å². The van der Waals surface area contributed by atoms with Crippen LogP contribution in [0.25, 0.3) is 10.8 Å². The average molecular weight is 191 g/mol. The first-order valence-corrected chi connectivity index (χ1v) is 4.87. The molecule has 0 bridgehead atoms. The van der Waals surface area contributed by atoms with Gasteiger partial charge in [0.05, 0.1) is 5.02 Å². The van der Waals surface area contributed by atoms with Crippen LogP contribution in [0, 0.1) is 0 Å². The van der Waals surface area contributed by atoms with Gasteiger partial charge in [-0.3, -0.25) is 0 Å². The number of fused-ring (bicyclic) bond motifs is 1. The van der Waals surface area contributed by atoms with Crippen molar-refractivity contribution in [2.75, 3.05) is 0 Å². The molecule has 0 unspecified atom stereocenters. The fraction of sp³-hybridized carbons (Fsp3) is 0.167. The van der Waals surface area contributed by atoms with E-state index in [1.54, 1.807) is 0 Å². The molecule has 0 N–H and O–H groups in total. The predicted molar refractivity (Wildman–Crippen MR) is 58.3 cm³/mol. The first-order valence-electron chi connectivity index (χ1n) is 4.49. The van der Waals surface area contributed by atoms with E-state index < -0.39 is 0 Å². The highest BCUT2D eigenvalue weighted by Gasteiger charge is 2.02. The third-order valence-electron chi connectivity index (χ3n) is 2.32. The molecular formula is C12H11Cl. The minimum absolute atomic E-state index is 0.903. The Kier molecular flexibility index (Phi) is 2.24. The Morgan fingerprint density at radius 3 is 2.62 bits per heavy atom. The lowest BCUT2D eigenvalue weighted by molar-refractivity contribution is 1.15. The maximum atomic E-state index is 6.24. The second kappa shape index (κ2) is 3.39. The van der Waals surface area contributed by atoms with Crippen LogP contribution in [0.2, 0.25) is 5.02 Å². The van der Waals surface area contributed by atoms with Gasteiger partial charge in [-0.1, -0.05) is 54.9 Å². The fourth-order valence-electron chi connectivity index (χ4n) is 1.55. The third-order valence-corrected chi connectivity index (χ3v) is 2.77. The zero-order valence-corrected chi connectivity index (χ0v) is 8.31. The molecule has 0 heterocycles. The topological polar surface area (TPSA) is 0 Å². The van der Waals surface area contributed by atoms with Crippen LogP contribution in [0.15, 0.2) is 36.4 Å². The molecule has 0 aliphatic heterocycles. The van der Waals surface area contributed by atoms with Gasteiger partial charge in [-0.25, -0.2) is 0 Å². The molecule has 0 nitrogen and oxygen atoms in total. The highest BCUT2D eigenvalue weighted by atomic mass is 35.5. The van der Waals surface area contributed by atoms with Crippen molar-refractivity contribution in [2.24, 2.45) is 0 Å². The van der Waals surface area contributed by atoms with E-state index in [-0.39, 0.29) is 0 Å². The molecular weight excluding hydrogens is 180 g/mol. The van der Waals surface area contributed by atoms with Crippen LogP contribution >= 0.6 is 11.6 Å². The van der Waals surface area contributed by atoms with Crippen molar-refractivity contribution < 1.29 is 0 Å². The van der Waals surface area contributed by atoms with E-state index >= 15 is 0 Å². The Hall–Kier alpha value is -1.01. The minimum atomic E-state index is 0.903. The van der Waals surface area contributed by atoms with Crippen molar-refractivity contribution >= 4 is 22.4 Å². The molecule has 0 aliphatic rings. The van der Waals surface area contributed by atoms with Gasteiger partial charge < -0.3 is 0 Å². The maximum Gasteiger partial charge on any atom is 0.0516 e. The SMILES string of the molecule is CCc1ccc2ccccc2c1Cl. The molecule has 2 aromatic carbocycles. The summed E-state index contributed by atoms with van der Waals surface area (Å²) in [5.74, 6) is 0. The monoisotopic (exact) mass is 190 g/mol. The van der Waals surface area contributed by atoms with E-state index in [0.717, 1.165) is 16.8 Å². The molecule has 0 amide bonds. The summed E-state index contributed by atoms with van der Waals surface area (Å²) in [6, 6.07) is 12.4. The summed E-state index contributed by atoms with van der Waals surface area (Å²) in [6.45, 7) is 2.12. The van der Waals surface area contributed by atoms with Crippen molar-refractivity contribution in [1.29, 1.82) is 0 Å². The van der Waals surface area contributed by atoms with E-state index in [1.807, 2.05) is 12.1 Å². The largest absolute Gasteiger partial charge is 0.0834 e. The van der Waals surface area contributed by atoms with Gasteiger partial charge in [0.1, 0.15) is 0 Å². The van der Waals surface area contributed by atoms with Gasteiger partial charge in [0.15, 0.2) is 0 Å². The Morgan fingerprint density at radius 2 is 1.85 bits per heavy atom. The van der Waals surface area contributed by atoms with Crippen LogP contribution in [0.4, 0.5) is 0 Å². The van der Waals surface area contributed by atoms with Crippen LogP contribution in [0.5, 0.6) is 0 Å². The zero-order valence-electron chi connectivity index (χ0n) is 7.55. The molecule has 0 atom stereocenters. The Labute approximate surface area is 83.1 Å². The van der Waals surface area contributed by atoms with Crippen LogP contribution in [-0.4, -0.2) is 0 Å². The lowest BCUT2D eigenvalue weighted by Gasteiger charge is -2.04. The molecule has 2 rings (SSSR count). The Bertz CT molecular complexity index is 432. The fourth-order valence-corrected chi connectivity index (χ4v) is 1.92. The number of benzene rings is 2. The summed E-state index contributed by atoms with van der Waals surface area (Å²) in [5, 5.41) is 3.27. The highest BCUT2D eigenvalue weighted by molar-refractivity contribution is 6.36. The molecule has 0 aromatic heterocycles. The highest BCUT2D eigenvalue weighted by Crippen LogP contribution is 2.27. The lowest BCUT2D eigenvalue weighted by Crippen LogP contribution is -1.83. The summed E-state index contributed by atoms with van der Waals surface area (Å²) in [7, 11) is 0. The molecule has 0 radical (unpaired) electrons. The lowest BCUT2D eigenvalue weighted by atomic mass is 10.1. The number of aryl methyl sites for hydroxylation is 1. The quantitative estimate of drug-likeness (QED) is 0.637. The number of hydrogen-bond acceptors (Lipinski definition) is 0. The van der Waals surface area contributed by atoms with Crippen LogP contribution < -0.4 is 0 Å². The molecule has 66 valence electrons. The molecule has 0 saturated heterocycles. The van der Waals surface area contributed by atoms with Crippen molar-refractivity contribution in [3.05, 3.63) is 47.0 Å².